The van der Waals surface area contributed by atoms with E-state index in [0.29, 0.717) is 11.9 Å². The Hall–Kier alpha value is -0.930. The topological polar surface area (TPSA) is 21.3 Å². The predicted octanol–water partition coefficient (Wildman–Crippen LogP) is 3.48. The van der Waals surface area contributed by atoms with Crippen molar-refractivity contribution in [3.05, 3.63) is 42.5 Å². The minimum absolute atomic E-state index is 0.556. The third-order valence-corrected chi connectivity index (χ3v) is 3.82. The summed E-state index contributed by atoms with van der Waals surface area (Å²) in [5.41, 5.74) is 1.20. The van der Waals surface area contributed by atoms with Gasteiger partial charge in [0.2, 0.25) is 0 Å². The van der Waals surface area contributed by atoms with Crippen molar-refractivity contribution in [2.75, 3.05) is 19.4 Å². The summed E-state index contributed by atoms with van der Waals surface area (Å²) in [6.45, 7) is 8.38. The minimum atomic E-state index is 0.556. The molecular formula is C15H23NOS. The summed E-state index contributed by atoms with van der Waals surface area (Å²) in [6.07, 6.45) is 5.12. The normalized spacial score (nSPS) is 12.1. The Balaban J connectivity index is 2.38. The molecule has 1 aromatic rings. The van der Waals surface area contributed by atoms with E-state index in [1.165, 1.54) is 12.0 Å². The maximum Gasteiger partial charge on any atom is 0.124 e. The molecule has 0 spiro atoms. The van der Waals surface area contributed by atoms with Crippen molar-refractivity contribution < 1.29 is 4.74 Å². The Morgan fingerprint density at radius 2 is 2.22 bits per heavy atom. The predicted molar refractivity (Wildman–Crippen MR) is 81.4 cm³/mol. The van der Waals surface area contributed by atoms with Gasteiger partial charge in [0.25, 0.3) is 0 Å². The number of rotatable bonds is 9. The van der Waals surface area contributed by atoms with Gasteiger partial charge in [0.05, 0.1) is 0 Å². The van der Waals surface area contributed by atoms with Crippen molar-refractivity contribution >= 4 is 11.8 Å². The first-order valence-corrected chi connectivity index (χ1v) is 7.61. The van der Waals surface area contributed by atoms with E-state index in [0.717, 1.165) is 18.8 Å². The minimum Gasteiger partial charge on any atom is -0.489 e. The average Bonchev–Trinajstić information content (AvgIpc) is 2.42. The van der Waals surface area contributed by atoms with Crippen molar-refractivity contribution in [2.45, 2.75) is 25.1 Å². The number of hydrogen-bond donors (Lipinski definition) is 1. The summed E-state index contributed by atoms with van der Waals surface area (Å²) in [5.74, 6) is 0.947. The highest BCUT2D eigenvalue weighted by Crippen LogP contribution is 2.17. The van der Waals surface area contributed by atoms with E-state index in [1.54, 1.807) is 6.08 Å². The van der Waals surface area contributed by atoms with Gasteiger partial charge < -0.3 is 10.1 Å². The molecule has 2 nitrogen and oxygen atoms in total. The van der Waals surface area contributed by atoms with Gasteiger partial charge in [-0.05, 0) is 25.3 Å². The van der Waals surface area contributed by atoms with Crippen LogP contribution in [0.2, 0.25) is 0 Å². The molecule has 0 amide bonds. The molecule has 0 aliphatic carbocycles. The summed E-state index contributed by atoms with van der Waals surface area (Å²) in [4.78, 5) is 0. The molecule has 3 heteroatoms. The molecule has 0 aliphatic heterocycles. The number of benzene rings is 1. The smallest absolute Gasteiger partial charge is 0.124 e. The van der Waals surface area contributed by atoms with Crippen LogP contribution in [-0.4, -0.2) is 24.7 Å². The maximum atomic E-state index is 5.62. The van der Waals surface area contributed by atoms with Crippen LogP contribution in [0.25, 0.3) is 0 Å². The molecule has 0 radical (unpaired) electrons. The molecule has 1 rings (SSSR count). The molecule has 100 valence electrons. The third kappa shape index (κ3) is 5.61. The van der Waals surface area contributed by atoms with Crippen molar-refractivity contribution in [3.63, 3.8) is 0 Å². The molecular weight excluding hydrogens is 242 g/mol. The van der Waals surface area contributed by atoms with E-state index in [2.05, 4.69) is 31.1 Å². The zero-order chi connectivity index (χ0) is 13.2. The van der Waals surface area contributed by atoms with Crippen LogP contribution in [-0.2, 0) is 6.54 Å². The van der Waals surface area contributed by atoms with Crippen molar-refractivity contribution in [2.24, 2.45) is 0 Å². The van der Waals surface area contributed by atoms with E-state index in [1.807, 2.05) is 30.0 Å². The molecule has 0 bridgehead atoms. The molecule has 1 atom stereocenters. The van der Waals surface area contributed by atoms with Gasteiger partial charge in [-0.25, -0.2) is 0 Å². The van der Waals surface area contributed by atoms with E-state index < -0.39 is 0 Å². The average molecular weight is 265 g/mol. The summed E-state index contributed by atoms with van der Waals surface area (Å²) in [7, 11) is 0. The molecule has 0 saturated carbocycles. The van der Waals surface area contributed by atoms with Gasteiger partial charge in [0.15, 0.2) is 0 Å². The molecule has 0 heterocycles. The molecule has 1 aromatic carbocycles. The summed E-state index contributed by atoms with van der Waals surface area (Å²) in [6, 6.07) is 8.15. The van der Waals surface area contributed by atoms with Gasteiger partial charge in [0, 0.05) is 17.4 Å². The molecule has 0 aromatic heterocycles. The molecule has 1 N–H and O–H groups in total. The number of nitrogens with one attached hydrogen (secondary N) is 1. The van der Waals surface area contributed by atoms with Crippen LogP contribution in [0.15, 0.2) is 36.9 Å². The monoisotopic (exact) mass is 265 g/mol. The largest absolute Gasteiger partial charge is 0.489 e. The fourth-order valence-corrected chi connectivity index (χ4v) is 1.94. The van der Waals surface area contributed by atoms with Crippen LogP contribution in [0.4, 0.5) is 0 Å². The summed E-state index contributed by atoms with van der Waals surface area (Å²) in [5, 5.41) is 4.18. The Morgan fingerprint density at radius 3 is 2.94 bits per heavy atom. The summed E-state index contributed by atoms with van der Waals surface area (Å²) < 4.78 is 5.62. The lowest BCUT2D eigenvalue weighted by atomic mass is 10.2. The van der Waals surface area contributed by atoms with Gasteiger partial charge in [-0.15, -0.1) is 0 Å². The molecule has 0 saturated heterocycles. The number of thioether (sulfide) groups is 1. The first-order chi connectivity index (χ1) is 8.77. The lowest BCUT2D eigenvalue weighted by Crippen LogP contribution is -2.18. The molecule has 0 aliphatic rings. The zero-order valence-electron chi connectivity index (χ0n) is 11.3. The fraction of sp³-hybridized carbons (Fsp3) is 0.467. The first-order valence-electron chi connectivity index (χ1n) is 6.33. The maximum absolute atomic E-state index is 5.62. The standard InChI is InChI=1S/C15H23NOS/c1-4-11-17-15-8-6-5-7-14(15)12-16-10-9-13(2)18-3/h4-8,13,16H,1,9-12H2,2-3H3. The van der Waals surface area contributed by atoms with Gasteiger partial charge in [-0.2, -0.15) is 11.8 Å². The second kappa shape index (κ2) is 9.06. The van der Waals surface area contributed by atoms with E-state index in [9.17, 15) is 0 Å². The Kier molecular flexibility index (Phi) is 7.62. The van der Waals surface area contributed by atoms with Crippen LogP contribution in [0, 0.1) is 0 Å². The van der Waals surface area contributed by atoms with Gasteiger partial charge in [0.1, 0.15) is 12.4 Å². The molecule has 0 fully saturated rings. The lowest BCUT2D eigenvalue weighted by molar-refractivity contribution is 0.358. The van der Waals surface area contributed by atoms with Gasteiger partial charge in [-0.1, -0.05) is 37.8 Å². The highest BCUT2D eigenvalue weighted by Gasteiger charge is 2.02. The molecule has 1 unspecified atom stereocenters. The van der Waals surface area contributed by atoms with Crippen molar-refractivity contribution in [1.82, 2.24) is 5.32 Å². The molecule has 18 heavy (non-hydrogen) atoms. The van der Waals surface area contributed by atoms with Crippen LogP contribution >= 0.6 is 11.8 Å². The zero-order valence-corrected chi connectivity index (χ0v) is 12.1. The Labute approximate surface area is 115 Å². The Bertz CT molecular complexity index is 354. The van der Waals surface area contributed by atoms with E-state index in [4.69, 9.17) is 4.74 Å². The Morgan fingerprint density at radius 1 is 1.44 bits per heavy atom. The third-order valence-electron chi connectivity index (χ3n) is 2.77. The number of para-hydroxylation sites is 1. The van der Waals surface area contributed by atoms with Crippen LogP contribution in [0.3, 0.4) is 0 Å². The SMILES string of the molecule is C=CCOc1ccccc1CNCCC(C)SC. The van der Waals surface area contributed by atoms with Crippen LogP contribution in [0.5, 0.6) is 5.75 Å². The fourth-order valence-electron chi connectivity index (χ4n) is 1.59. The van der Waals surface area contributed by atoms with Gasteiger partial charge in [-0.3, -0.25) is 0 Å². The second-order valence-electron chi connectivity index (χ2n) is 4.22. The summed E-state index contributed by atoms with van der Waals surface area (Å²) >= 11 is 1.91. The first kappa shape index (κ1) is 15.1. The lowest BCUT2D eigenvalue weighted by Gasteiger charge is -2.12. The van der Waals surface area contributed by atoms with Crippen LogP contribution < -0.4 is 10.1 Å². The van der Waals surface area contributed by atoms with Gasteiger partial charge >= 0.3 is 0 Å². The number of hydrogen-bond acceptors (Lipinski definition) is 3. The quantitative estimate of drug-likeness (QED) is 0.545. The highest BCUT2D eigenvalue weighted by atomic mass is 32.2. The van der Waals surface area contributed by atoms with Crippen molar-refractivity contribution in [1.29, 1.82) is 0 Å². The second-order valence-corrected chi connectivity index (χ2v) is 5.50. The van der Waals surface area contributed by atoms with E-state index in [-0.39, 0.29) is 0 Å². The highest BCUT2D eigenvalue weighted by molar-refractivity contribution is 7.99. The van der Waals surface area contributed by atoms with Crippen molar-refractivity contribution in [3.8, 4) is 5.75 Å². The van der Waals surface area contributed by atoms with Crippen LogP contribution in [0.1, 0.15) is 18.9 Å². The number of ether oxygens (including phenoxy) is 1. The van der Waals surface area contributed by atoms with E-state index >= 15 is 0 Å².